The molecule has 0 aliphatic heterocycles. The maximum absolute atomic E-state index is 9.98. The van der Waals surface area contributed by atoms with Gasteiger partial charge in [0.15, 0.2) is 0 Å². The van der Waals surface area contributed by atoms with Gasteiger partial charge in [-0.25, -0.2) is 0 Å². The summed E-state index contributed by atoms with van der Waals surface area (Å²) in [5, 5.41) is 19.9. The number of halogens is 1. The predicted molar refractivity (Wildman–Crippen MR) is 93.4 cm³/mol. The largest absolute Gasteiger partial charge is 0.507 e. The van der Waals surface area contributed by atoms with Crippen LogP contribution < -0.4 is 0 Å². The minimum Gasteiger partial charge on any atom is -0.507 e. The first-order valence-electron chi connectivity index (χ1n) is 6.52. The Balaban J connectivity index is 2.02. The van der Waals surface area contributed by atoms with Crippen LogP contribution in [-0.2, 0) is 0 Å². The third-order valence-corrected chi connectivity index (χ3v) is 4.04. The molecule has 3 rings (SSSR count). The fraction of sp³-hybridized carbons (Fsp3) is 0. The topological polar surface area (TPSA) is 40.5 Å². The van der Waals surface area contributed by atoms with Crippen LogP contribution >= 0.6 is 22.6 Å². The molecule has 0 saturated carbocycles. The second-order valence-electron chi connectivity index (χ2n) is 4.76. The van der Waals surface area contributed by atoms with Crippen LogP contribution in [0.1, 0.15) is 0 Å². The first-order valence-corrected chi connectivity index (χ1v) is 7.60. The summed E-state index contributed by atoms with van der Waals surface area (Å²) in [4.78, 5) is 0. The summed E-state index contributed by atoms with van der Waals surface area (Å²) in [5.74, 6) is 0.535. The summed E-state index contributed by atoms with van der Waals surface area (Å²) in [6.07, 6.45) is 0. The van der Waals surface area contributed by atoms with E-state index in [0.717, 1.165) is 25.8 Å². The Hall–Kier alpha value is -2.01. The van der Waals surface area contributed by atoms with Gasteiger partial charge in [0.25, 0.3) is 0 Å². The highest BCUT2D eigenvalue weighted by Gasteiger charge is 2.07. The van der Waals surface area contributed by atoms with Crippen LogP contribution in [0.25, 0.3) is 22.3 Å². The average Bonchev–Trinajstić information content (AvgIpc) is 2.50. The van der Waals surface area contributed by atoms with Crippen molar-refractivity contribution in [3.05, 3.63) is 70.3 Å². The van der Waals surface area contributed by atoms with E-state index in [1.54, 1.807) is 18.2 Å². The van der Waals surface area contributed by atoms with E-state index < -0.39 is 0 Å². The lowest BCUT2D eigenvalue weighted by Gasteiger charge is -2.08. The van der Waals surface area contributed by atoms with E-state index in [2.05, 4.69) is 22.6 Å². The minimum absolute atomic E-state index is 0.266. The van der Waals surface area contributed by atoms with Crippen LogP contribution in [0.3, 0.4) is 0 Å². The quantitative estimate of drug-likeness (QED) is 0.605. The standard InChI is InChI=1S/C18H13IO2/c19-14-9-10-18(21)16(11-14)13-7-5-12(6-8-13)15-3-1-2-4-17(15)20/h1-11,20-21H. The number of phenols is 2. The Bertz CT molecular complexity index is 779. The van der Waals surface area contributed by atoms with Gasteiger partial charge in [0, 0.05) is 14.7 Å². The molecular formula is C18H13IO2. The lowest BCUT2D eigenvalue weighted by molar-refractivity contribution is 0.476. The van der Waals surface area contributed by atoms with Crippen molar-refractivity contribution >= 4 is 22.6 Å². The van der Waals surface area contributed by atoms with Crippen LogP contribution in [0.5, 0.6) is 11.5 Å². The molecule has 104 valence electrons. The Morgan fingerprint density at radius 1 is 0.619 bits per heavy atom. The number of phenolic OH excluding ortho intramolecular Hbond substituents is 2. The summed E-state index contributed by atoms with van der Waals surface area (Å²) in [5.41, 5.74) is 3.51. The number of hydrogen-bond acceptors (Lipinski definition) is 2. The van der Waals surface area contributed by atoms with E-state index in [4.69, 9.17) is 0 Å². The Morgan fingerprint density at radius 2 is 1.19 bits per heavy atom. The molecule has 0 fully saturated rings. The summed E-state index contributed by atoms with van der Waals surface area (Å²) in [6, 6.07) is 20.6. The van der Waals surface area contributed by atoms with Gasteiger partial charge in [-0.2, -0.15) is 0 Å². The van der Waals surface area contributed by atoms with Gasteiger partial charge in [0.1, 0.15) is 11.5 Å². The molecule has 2 nitrogen and oxygen atoms in total. The number of hydrogen-bond donors (Lipinski definition) is 2. The molecule has 0 heterocycles. The first-order chi connectivity index (χ1) is 10.1. The van der Waals surface area contributed by atoms with Gasteiger partial charge in [-0.1, -0.05) is 42.5 Å². The lowest BCUT2D eigenvalue weighted by Crippen LogP contribution is -1.83. The van der Waals surface area contributed by atoms with E-state index in [0.29, 0.717) is 0 Å². The highest BCUT2D eigenvalue weighted by molar-refractivity contribution is 14.1. The summed E-state index contributed by atoms with van der Waals surface area (Å²) >= 11 is 2.23. The van der Waals surface area contributed by atoms with Crippen molar-refractivity contribution in [1.29, 1.82) is 0 Å². The van der Waals surface area contributed by atoms with Gasteiger partial charge in [-0.3, -0.25) is 0 Å². The zero-order chi connectivity index (χ0) is 14.8. The zero-order valence-corrected chi connectivity index (χ0v) is 13.3. The number of rotatable bonds is 2. The van der Waals surface area contributed by atoms with Gasteiger partial charge < -0.3 is 10.2 Å². The van der Waals surface area contributed by atoms with E-state index in [-0.39, 0.29) is 11.5 Å². The van der Waals surface area contributed by atoms with Gasteiger partial charge in [-0.05, 0) is 58.0 Å². The summed E-state index contributed by atoms with van der Waals surface area (Å²) < 4.78 is 1.07. The van der Waals surface area contributed by atoms with Crippen molar-refractivity contribution in [3.8, 4) is 33.8 Å². The first kappa shape index (κ1) is 13.9. The molecule has 3 aromatic rings. The maximum Gasteiger partial charge on any atom is 0.123 e. The van der Waals surface area contributed by atoms with Crippen LogP contribution in [0, 0.1) is 3.57 Å². The third-order valence-electron chi connectivity index (χ3n) is 3.37. The molecule has 2 N–H and O–H groups in total. The monoisotopic (exact) mass is 388 g/mol. The SMILES string of the molecule is Oc1ccccc1-c1ccc(-c2cc(I)ccc2O)cc1. The van der Waals surface area contributed by atoms with E-state index in [1.165, 1.54) is 0 Å². The molecule has 3 aromatic carbocycles. The van der Waals surface area contributed by atoms with Crippen LogP contribution in [0.2, 0.25) is 0 Å². The second kappa shape index (κ2) is 5.77. The molecule has 0 saturated heterocycles. The maximum atomic E-state index is 9.98. The molecule has 0 amide bonds. The summed E-state index contributed by atoms with van der Waals surface area (Å²) in [7, 11) is 0. The van der Waals surface area contributed by atoms with E-state index in [1.807, 2.05) is 48.5 Å². The number of para-hydroxylation sites is 1. The minimum atomic E-state index is 0.266. The van der Waals surface area contributed by atoms with Crippen molar-refractivity contribution < 1.29 is 10.2 Å². The van der Waals surface area contributed by atoms with Crippen LogP contribution in [0.15, 0.2) is 66.7 Å². The van der Waals surface area contributed by atoms with E-state index >= 15 is 0 Å². The Morgan fingerprint density at radius 3 is 1.86 bits per heavy atom. The highest BCUT2D eigenvalue weighted by atomic mass is 127. The fourth-order valence-electron chi connectivity index (χ4n) is 2.29. The predicted octanol–water partition coefficient (Wildman–Crippen LogP) is 5.04. The van der Waals surface area contributed by atoms with Crippen molar-refractivity contribution in [2.75, 3.05) is 0 Å². The second-order valence-corrected chi connectivity index (χ2v) is 6.00. The number of aromatic hydroxyl groups is 2. The molecule has 21 heavy (non-hydrogen) atoms. The van der Waals surface area contributed by atoms with Crippen molar-refractivity contribution in [3.63, 3.8) is 0 Å². The highest BCUT2D eigenvalue weighted by Crippen LogP contribution is 2.34. The van der Waals surface area contributed by atoms with Crippen molar-refractivity contribution in [2.24, 2.45) is 0 Å². The Labute approximate surface area is 136 Å². The van der Waals surface area contributed by atoms with Crippen LogP contribution in [0.4, 0.5) is 0 Å². The molecule has 3 heteroatoms. The smallest absolute Gasteiger partial charge is 0.123 e. The molecule has 0 aliphatic rings. The van der Waals surface area contributed by atoms with Gasteiger partial charge in [0.05, 0.1) is 0 Å². The molecule has 0 bridgehead atoms. The van der Waals surface area contributed by atoms with Gasteiger partial charge >= 0.3 is 0 Å². The van der Waals surface area contributed by atoms with Gasteiger partial charge in [0.2, 0.25) is 0 Å². The van der Waals surface area contributed by atoms with Gasteiger partial charge in [-0.15, -0.1) is 0 Å². The molecular weight excluding hydrogens is 375 g/mol. The Kier molecular flexibility index (Phi) is 3.84. The van der Waals surface area contributed by atoms with Crippen LogP contribution in [-0.4, -0.2) is 10.2 Å². The normalized spacial score (nSPS) is 10.5. The number of benzene rings is 3. The lowest BCUT2D eigenvalue weighted by atomic mass is 9.99. The molecule has 0 spiro atoms. The molecule has 0 aliphatic carbocycles. The molecule has 0 unspecified atom stereocenters. The van der Waals surface area contributed by atoms with Crippen molar-refractivity contribution in [1.82, 2.24) is 0 Å². The van der Waals surface area contributed by atoms with Crippen molar-refractivity contribution in [2.45, 2.75) is 0 Å². The summed E-state index contributed by atoms with van der Waals surface area (Å²) in [6.45, 7) is 0. The fourth-order valence-corrected chi connectivity index (χ4v) is 2.78. The molecule has 0 radical (unpaired) electrons. The molecule has 0 aromatic heterocycles. The van der Waals surface area contributed by atoms with E-state index in [9.17, 15) is 10.2 Å². The molecule has 0 atom stereocenters. The average molecular weight is 388 g/mol. The zero-order valence-electron chi connectivity index (χ0n) is 11.1. The third kappa shape index (κ3) is 2.88.